The van der Waals surface area contributed by atoms with Gasteiger partial charge in [0.2, 0.25) is 0 Å². The van der Waals surface area contributed by atoms with E-state index in [0.29, 0.717) is 18.8 Å². The highest BCUT2D eigenvalue weighted by molar-refractivity contribution is 5.70. The molecule has 0 aliphatic rings. The van der Waals surface area contributed by atoms with Gasteiger partial charge in [-0.25, -0.2) is 9.97 Å². The molecule has 2 N–H and O–H groups in total. The predicted molar refractivity (Wildman–Crippen MR) is 56.7 cm³/mol. The molecule has 0 aliphatic heterocycles. The molecule has 1 heterocycles. The molecular weight excluding hydrogens is 208 g/mol. The molecular formula is C10H12N4O2. The summed E-state index contributed by atoms with van der Waals surface area (Å²) in [6.45, 7) is 2.11. The first-order chi connectivity index (χ1) is 7.67. The van der Waals surface area contributed by atoms with Gasteiger partial charge in [-0.15, -0.1) is 0 Å². The summed E-state index contributed by atoms with van der Waals surface area (Å²) in [6.07, 6.45) is 3.29. The molecule has 0 aromatic carbocycles. The number of carbonyl (C=O) groups is 1. The third-order valence-corrected chi connectivity index (χ3v) is 2.14. The van der Waals surface area contributed by atoms with Crippen LogP contribution in [-0.4, -0.2) is 27.6 Å². The van der Waals surface area contributed by atoms with Gasteiger partial charge in [0.25, 0.3) is 0 Å². The first kappa shape index (κ1) is 11.9. The number of nitrogens with zero attached hydrogens (tertiary/aromatic N) is 3. The van der Waals surface area contributed by atoms with E-state index in [1.807, 2.05) is 13.0 Å². The quantitative estimate of drug-likeness (QED) is 0.763. The fourth-order valence-electron chi connectivity index (χ4n) is 1.11. The Hall–Kier alpha value is -2.16. The maximum Gasteiger partial charge on any atom is 0.308 e. The second-order valence-electron chi connectivity index (χ2n) is 3.22. The molecule has 0 amide bonds. The molecule has 0 saturated carbocycles. The molecule has 0 aliphatic carbocycles. The topological polar surface area (TPSA) is 98.9 Å². The van der Waals surface area contributed by atoms with E-state index in [1.165, 1.54) is 12.4 Å². The fraction of sp³-hybridized carbons (Fsp3) is 0.400. The molecule has 6 nitrogen and oxygen atoms in total. The van der Waals surface area contributed by atoms with Gasteiger partial charge in [0.05, 0.1) is 18.3 Å². The highest BCUT2D eigenvalue weighted by atomic mass is 16.4. The van der Waals surface area contributed by atoms with Crippen LogP contribution in [0.3, 0.4) is 0 Å². The number of nitriles is 1. The zero-order valence-electron chi connectivity index (χ0n) is 8.84. The van der Waals surface area contributed by atoms with Crippen molar-refractivity contribution in [3.63, 3.8) is 0 Å². The van der Waals surface area contributed by atoms with Crippen molar-refractivity contribution in [2.45, 2.75) is 13.3 Å². The van der Waals surface area contributed by atoms with Crippen molar-refractivity contribution in [3.05, 3.63) is 18.1 Å². The lowest BCUT2D eigenvalue weighted by atomic mass is 10.1. The van der Waals surface area contributed by atoms with Crippen LogP contribution >= 0.6 is 0 Å². The Morgan fingerprint density at radius 2 is 2.38 bits per heavy atom. The summed E-state index contributed by atoms with van der Waals surface area (Å²) in [5.74, 6) is -0.812. The Morgan fingerprint density at radius 1 is 1.62 bits per heavy atom. The number of aromatic nitrogens is 2. The van der Waals surface area contributed by atoms with Crippen LogP contribution in [0.25, 0.3) is 0 Å². The minimum atomic E-state index is -0.836. The van der Waals surface area contributed by atoms with Crippen molar-refractivity contribution in [2.24, 2.45) is 5.92 Å². The van der Waals surface area contributed by atoms with E-state index >= 15 is 0 Å². The highest BCUT2D eigenvalue weighted by Gasteiger charge is 2.14. The molecule has 1 rings (SSSR count). The van der Waals surface area contributed by atoms with E-state index in [0.717, 1.165) is 0 Å². The van der Waals surface area contributed by atoms with Crippen molar-refractivity contribution in [3.8, 4) is 6.07 Å². The van der Waals surface area contributed by atoms with E-state index in [9.17, 15) is 4.79 Å². The molecule has 84 valence electrons. The van der Waals surface area contributed by atoms with Crippen molar-refractivity contribution in [1.82, 2.24) is 9.97 Å². The minimum Gasteiger partial charge on any atom is -0.481 e. The number of nitrogens with one attached hydrogen (secondary N) is 1. The maximum atomic E-state index is 10.7. The summed E-state index contributed by atoms with van der Waals surface area (Å²) in [4.78, 5) is 18.5. The van der Waals surface area contributed by atoms with Crippen LogP contribution in [0.1, 0.15) is 19.0 Å². The number of carboxylic acid groups (broad SMARTS) is 1. The number of hydrogen-bond acceptors (Lipinski definition) is 5. The predicted octanol–water partition coefficient (Wildman–Crippen LogP) is 0.871. The van der Waals surface area contributed by atoms with E-state index < -0.39 is 11.9 Å². The minimum absolute atomic E-state index is 0.232. The van der Waals surface area contributed by atoms with Gasteiger partial charge in [-0.1, -0.05) is 6.92 Å². The van der Waals surface area contributed by atoms with Gasteiger partial charge in [0, 0.05) is 6.54 Å². The van der Waals surface area contributed by atoms with Gasteiger partial charge < -0.3 is 10.4 Å². The molecule has 0 fully saturated rings. The van der Waals surface area contributed by atoms with Gasteiger partial charge >= 0.3 is 5.97 Å². The summed E-state index contributed by atoms with van der Waals surface area (Å²) in [5.41, 5.74) is 0.232. The zero-order chi connectivity index (χ0) is 12.0. The fourth-order valence-corrected chi connectivity index (χ4v) is 1.11. The molecule has 6 heteroatoms. The van der Waals surface area contributed by atoms with Crippen LogP contribution in [0.2, 0.25) is 0 Å². The Bertz CT molecular complexity index is 396. The molecule has 0 saturated heterocycles. The average Bonchev–Trinajstić information content (AvgIpc) is 2.30. The van der Waals surface area contributed by atoms with Crippen molar-refractivity contribution < 1.29 is 9.90 Å². The zero-order valence-corrected chi connectivity index (χ0v) is 8.84. The Labute approximate surface area is 93.0 Å². The number of aliphatic carboxylic acids is 1. The lowest BCUT2D eigenvalue weighted by Crippen LogP contribution is -2.22. The Morgan fingerprint density at radius 3 is 2.81 bits per heavy atom. The van der Waals surface area contributed by atoms with Gasteiger partial charge in [0.15, 0.2) is 5.69 Å². The van der Waals surface area contributed by atoms with E-state index in [4.69, 9.17) is 10.4 Å². The third-order valence-electron chi connectivity index (χ3n) is 2.14. The van der Waals surface area contributed by atoms with Crippen molar-refractivity contribution >= 4 is 11.8 Å². The van der Waals surface area contributed by atoms with Gasteiger partial charge in [-0.3, -0.25) is 4.79 Å². The number of carboxylic acids is 1. The lowest BCUT2D eigenvalue weighted by Gasteiger charge is -2.10. The number of rotatable bonds is 5. The first-order valence-corrected chi connectivity index (χ1v) is 4.86. The summed E-state index contributed by atoms with van der Waals surface area (Å²) in [6, 6.07) is 1.85. The molecule has 0 spiro atoms. The van der Waals surface area contributed by atoms with Gasteiger partial charge in [-0.2, -0.15) is 5.26 Å². The van der Waals surface area contributed by atoms with E-state index in [2.05, 4.69) is 15.3 Å². The van der Waals surface area contributed by atoms with Crippen LogP contribution in [0.5, 0.6) is 0 Å². The maximum absolute atomic E-state index is 10.7. The third kappa shape index (κ3) is 3.20. The van der Waals surface area contributed by atoms with Crippen LogP contribution in [0.15, 0.2) is 12.4 Å². The standard InChI is InChI=1S/C10H12N4O2/c1-2-7(10(15)16)4-13-9-6-12-8(3-11)5-14-9/h5-7H,2,4H2,1H3,(H,13,14)(H,15,16). The molecule has 0 radical (unpaired) electrons. The van der Waals surface area contributed by atoms with Crippen molar-refractivity contribution in [2.75, 3.05) is 11.9 Å². The van der Waals surface area contributed by atoms with Crippen LogP contribution in [-0.2, 0) is 4.79 Å². The molecule has 16 heavy (non-hydrogen) atoms. The first-order valence-electron chi connectivity index (χ1n) is 4.86. The normalized spacial score (nSPS) is 11.5. The van der Waals surface area contributed by atoms with Crippen LogP contribution in [0, 0.1) is 17.2 Å². The SMILES string of the molecule is CCC(CNc1cnc(C#N)cn1)C(=O)O. The summed E-state index contributed by atoms with van der Waals surface area (Å²) < 4.78 is 0. The summed E-state index contributed by atoms with van der Waals surface area (Å²) in [7, 11) is 0. The summed E-state index contributed by atoms with van der Waals surface area (Å²) >= 11 is 0. The van der Waals surface area contributed by atoms with Crippen molar-refractivity contribution in [1.29, 1.82) is 5.26 Å². The van der Waals surface area contributed by atoms with Gasteiger partial charge in [0.1, 0.15) is 11.9 Å². The molecule has 1 atom stereocenters. The molecule has 1 aromatic rings. The van der Waals surface area contributed by atoms with E-state index in [-0.39, 0.29) is 5.69 Å². The molecule has 1 unspecified atom stereocenters. The second-order valence-corrected chi connectivity index (χ2v) is 3.22. The Balaban J connectivity index is 2.54. The number of anilines is 1. The Kier molecular flexibility index (Phi) is 4.21. The van der Waals surface area contributed by atoms with Gasteiger partial charge in [-0.05, 0) is 6.42 Å². The molecule has 1 aromatic heterocycles. The highest BCUT2D eigenvalue weighted by Crippen LogP contribution is 2.06. The number of hydrogen-bond donors (Lipinski definition) is 2. The average molecular weight is 220 g/mol. The summed E-state index contributed by atoms with van der Waals surface area (Å²) in [5, 5.41) is 20.2. The van der Waals surface area contributed by atoms with Crippen LogP contribution < -0.4 is 5.32 Å². The monoisotopic (exact) mass is 220 g/mol. The second kappa shape index (κ2) is 5.66. The smallest absolute Gasteiger partial charge is 0.308 e. The lowest BCUT2D eigenvalue weighted by molar-refractivity contribution is -0.141. The molecule has 0 bridgehead atoms. The largest absolute Gasteiger partial charge is 0.481 e. The van der Waals surface area contributed by atoms with E-state index in [1.54, 1.807) is 0 Å². The van der Waals surface area contributed by atoms with Crippen LogP contribution in [0.4, 0.5) is 5.82 Å².